The molecule has 1 aromatic heterocycles. The van der Waals surface area contributed by atoms with Crippen molar-refractivity contribution in [2.45, 2.75) is 20.0 Å². The minimum Gasteiger partial charge on any atom is -0.358 e. The maximum Gasteiger partial charge on any atom is 0.159 e. The van der Waals surface area contributed by atoms with E-state index in [9.17, 15) is 0 Å². The zero-order valence-electron chi connectivity index (χ0n) is 33.3. The summed E-state index contributed by atoms with van der Waals surface area (Å²) in [5, 5.41) is 4.03. The van der Waals surface area contributed by atoms with E-state index >= 15 is 0 Å². The van der Waals surface area contributed by atoms with Crippen LogP contribution in [-0.2, 0) is 0 Å². The first-order valence-electron chi connectivity index (χ1n) is 20.5. The Balaban J connectivity index is 0.00000221. The third kappa shape index (κ3) is 7.55. The predicted octanol–water partition coefficient (Wildman–Crippen LogP) is 15.4. The predicted molar refractivity (Wildman–Crippen MR) is 250 cm³/mol. The summed E-state index contributed by atoms with van der Waals surface area (Å²) in [6.45, 7) is 4.00. The molecule has 3 heteroatoms. The number of pyridine rings is 1. The molecule has 284 valence electrons. The van der Waals surface area contributed by atoms with Gasteiger partial charge in [0.1, 0.15) is 6.17 Å². The average Bonchev–Trinajstić information content (AvgIpc) is 3.74. The minimum atomic E-state index is -0.231. The Kier molecular flexibility index (Phi) is 10.6. The second-order valence-electron chi connectivity index (χ2n) is 14.5. The first-order chi connectivity index (χ1) is 29.3. The van der Waals surface area contributed by atoms with Crippen LogP contribution in [0.1, 0.15) is 25.6 Å². The summed E-state index contributed by atoms with van der Waals surface area (Å²) < 4.78 is 0. The van der Waals surface area contributed by atoms with Crippen molar-refractivity contribution in [1.29, 1.82) is 0 Å². The van der Waals surface area contributed by atoms with E-state index in [2.05, 4.69) is 229 Å². The number of rotatable bonds is 8. The van der Waals surface area contributed by atoms with Gasteiger partial charge in [-0.05, 0) is 103 Å². The molecule has 0 saturated heterocycles. The molecule has 59 heavy (non-hydrogen) atoms. The third-order valence-corrected chi connectivity index (χ3v) is 11.0. The van der Waals surface area contributed by atoms with Crippen LogP contribution < -0.4 is 10.2 Å². The lowest BCUT2D eigenvalue weighted by atomic mass is 9.93. The van der Waals surface area contributed by atoms with E-state index in [0.717, 1.165) is 56.1 Å². The molecule has 1 N–H and O–H groups in total. The number of anilines is 3. The largest absolute Gasteiger partial charge is 0.358 e. The van der Waals surface area contributed by atoms with Gasteiger partial charge in [0.15, 0.2) is 5.82 Å². The van der Waals surface area contributed by atoms with E-state index in [-0.39, 0.29) is 6.17 Å². The van der Waals surface area contributed by atoms with Gasteiger partial charge in [0.05, 0.1) is 5.69 Å². The van der Waals surface area contributed by atoms with Gasteiger partial charge in [-0.15, -0.1) is 0 Å². The Morgan fingerprint density at radius 1 is 0.373 bits per heavy atom. The zero-order valence-corrected chi connectivity index (χ0v) is 33.3. The van der Waals surface area contributed by atoms with Gasteiger partial charge in [0, 0.05) is 17.4 Å². The van der Waals surface area contributed by atoms with Crippen LogP contribution in [0.2, 0.25) is 0 Å². The molecule has 0 aliphatic carbocycles. The van der Waals surface area contributed by atoms with Gasteiger partial charge >= 0.3 is 0 Å². The zero-order chi connectivity index (χ0) is 40.0. The molecule has 0 fully saturated rings. The van der Waals surface area contributed by atoms with E-state index in [4.69, 9.17) is 4.98 Å². The highest BCUT2D eigenvalue weighted by atomic mass is 15.4. The molecule has 0 bridgehead atoms. The molecule has 1 aliphatic rings. The molecule has 10 rings (SSSR count). The van der Waals surface area contributed by atoms with Crippen molar-refractivity contribution in [3.8, 4) is 66.8 Å². The lowest BCUT2D eigenvalue weighted by molar-refractivity contribution is 0.821. The van der Waals surface area contributed by atoms with Gasteiger partial charge in [0.2, 0.25) is 0 Å². The van der Waals surface area contributed by atoms with Gasteiger partial charge in [-0.3, -0.25) is 4.90 Å². The quantitative estimate of drug-likeness (QED) is 0.167. The van der Waals surface area contributed by atoms with Crippen LogP contribution in [0.15, 0.2) is 225 Å². The SMILES string of the molecule is CC.c1ccc(-c2ccc(-c3cc(-c4ccc(-c5ccccc5)cc4)cc(C4Nc5c(-c6ccccc6-c6ccccc6)ccnc5N4c4ccccc4)c3)cc2)cc1. The van der Waals surface area contributed by atoms with Crippen molar-refractivity contribution >= 4 is 17.2 Å². The topological polar surface area (TPSA) is 28.2 Å². The van der Waals surface area contributed by atoms with Crippen LogP contribution in [0.5, 0.6) is 0 Å². The number of nitrogens with zero attached hydrogens (tertiary/aromatic N) is 2. The molecule has 9 aromatic rings. The molecule has 1 aliphatic heterocycles. The van der Waals surface area contributed by atoms with Crippen molar-refractivity contribution in [1.82, 2.24) is 4.98 Å². The molecule has 8 aromatic carbocycles. The Hall–Kier alpha value is -7.49. The Morgan fingerprint density at radius 3 is 1.29 bits per heavy atom. The van der Waals surface area contributed by atoms with E-state index in [1.807, 2.05) is 20.0 Å². The third-order valence-electron chi connectivity index (χ3n) is 11.0. The highest BCUT2D eigenvalue weighted by Crippen LogP contribution is 2.50. The second-order valence-corrected chi connectivity index (χ2v) is 14.5. The summed E-state index contributed by atoms with van der Waals surface area (Å²) in [7, 11) is 0. The maximum absolute atomic E-state index is 5.08. The van der Waals surface area contributed by atoms with E-state index in [0.29, 0.717) is 0 Å². The van der Waals surface area contributed by atoms with Crippen LogP contribution in [-0.4, -0.2) is 4.98 Å². The number of para-hydroxylation sites is 1. The molecule has 0 spiro atoms. The Morgan fingerprint density at radius 2 is 0.780 bits per heavy atom. The fraction of sp³-hybridized carbons (Fsp3) is 0.0536. The summed E-state index contributed by atoms with van der Waals surface area (Å²) in [5.41, 5.74) is 17.3. The minimum absolute atomic E-state index is 0.231. The molecule has 3 nitrogen and oxygen atoms in total. The summed E-state index contributed by atoms with van der Waals surface area (Å²) in [6, 6.07) is 78.1. The van der Waals surface area contributed by atoms with Crippen molar-refractivity contribution in [3.63, 3.8) is 0 Å². The smallest absolute Gasteiger partial charge is 0.159 e. The summed E-state index contributed by atoms with van der Waals surface area (Å²) in [6.07, 6.45) is 1.71. The van der Waals surface area contributed by atoms with Gasteiger partial charge in [-0.25, -0.2) is 4.98 Å². The highest BCUT2D eigenvalue weighted by molar-refractivity contribution is 5.96. The average molecular weight is 760 g/mol. The van der Waals surface area contributed by atoms with Crippen LogP contribution in [0, 0.1) is 0 Å². The number of nitrogens with one attached hydrogen (secondary N) is 1. The van der Waals surface area contributed by atoms with Gasteiger partial charge in [-0.1, -0.05) is 196 Å². The second kappa shape index (κ2) is 16.9. The van der Waals surface area contributed by atoms with Gasteiger partial charge < -0.3 is 5.32 Å². The summed E-state index contributed by atoms with van der Waals surface area (Å²) >= 11 is 0. The standard InChI is InChI=1S/C54H39N3.C2H6/c1-5-15-38(16-6-1)40-25-29-42(30-26-40)45-35-46(43-31-27-41(28-32-43)39-17-7-2-8-18-39)37-47(36-45)53-56-52-51(33-34-55-54(52)57(53)48-21-11-4-12-22-48)50-24-14-13-23-49(50)44-19-9-3-10-20-44;1-2/h1-37,53,56H;1-2H3. The van der Waals surface area contributed by atoms with Crippen LogP contribution in [0.25, 0.3) is 66.8 Å². The normalized spacial score (nSPS) is 12.8. The van der Waals surface area contributed by atoms with Crippen molar-refractivity contribution in [2.75, 3.05) is 10.2 Å². The van der Waals surface area contributed by atoms with Crippen LogP contribution in [0.3, 0.4) is 0 Å². The van der Waals surface area contributed by atoms with E-state index < -0.39 is 0 Å². The molecule has 0 saturated carbocycles. The van der Waals surface area contributed by atoms with E-state index in [1.54, 1.807) is 0 Å². The number of aromatic nitrogens is 1. The van der Waals surface area contributed by atoms with Crippen LogP contribution >= 0.6 is 0 Å². The molecular weight excluding hydrogens is 715 g/mol. The number of hydrogen-bond donors (Lipinski definition) is 1. The van der Waals surface area contributed by atoms with Crippen molar-refractivity contribution < 1.29 is 0 Å². The van der Waals surface area contributed by atoms with Gasteiger partial charge in [-0.2, -0.15) is 0 Å². The monoisotopic (exact) mass is 759 g/mol. The lowest BCUT2D eigenvalue weighted by Crippen LogP contribution is -2.24. The first-order valence-corrected chi connectivity index (χ1v) is 20.5. The van der Waals surface area contributed by atoms with Gasteiger partial charge in [0.25, 0.3) is 0 Å². The first kappa shape index (κ1) is 37.1. The fourth-order valence-corrected chi connectivity index (χ4v) is 8.12. The Bertz CT molecular complexity index is 2680. The summed E-state index contributed by atoms with van der Waals surface area (Å²) in [4.78, 5) is 7.43. The molecule has 1 atom stereocenters. The highest BCUT2D eigenvalue weighted by Gasteiger charge is 2.35. The Labute approximate surface area is 348 Å². The molecular formula is C56H45N3. The molecule has 0 amide bonds. The molecule has 0 radical (unpaired) electrons. The summed E-state index contributed by atoms with van der Waals surface area (Å²) in [5.74, 6) is 0.901. The van der Waals surface area contributed by atoms with Crippen LogP contribution in [0.4, 0.5) is 17.2 Å². The number of benzene rings is 8. The maximum atomic E-state index is 5.08. The fourth-order valence-electron chi connectivity index (χ4n) is 8.12. The van der Waals surface area contributed by atoms with E-state index in [1.165, 1.54) is 33.4 Å². The van der Waals surface area contributed by atoms with Crippen molar-refractivity contribution in [2.24, 2.45) is 0 Å². The molecule has 2 heterocycles. The molecule has 1 unspecified atom stereocenters. The number of fused-ring (bicyclic) bond motifs is 1. The van der Waals surface area contributed by atoms with Crippen molar-refractivity contribution in [3.05, 3.63) is 230 Å². The lowest BCUT2D eigenvalue weighted by Gasteiger charge is -2.27. The number of hydrogen-bond acceptors (Lipinski definition) is 3.